The Morgan fingerprint density at radius 2 is 1.30 bits per heavy atom. The van der Waals surface area contributed by atoms with Crippen LogP contribution in [-0.2, 0) is 23.9 Å². The summed E-state index contributed by atoms with van der Waals surface area (Å²) in [4.78, 5) is 33.6. The highest BCUT2D eigenvalue weighted by Gasteiger charge is 2.09. The lowest BCUT2D eigenvalue weighted by molar-refractivity contribution is -0.159. The zero-order chi connectivity index (χ0) is 15.2. The van der Waals surface area contributed by atoms with Gasteiger partial charge in [0.05, 0.1) is 6.61 Å². The van der Waals surface area contributed by atoms with Gasteiger partial charge in [0.1, 0.15) is 0 Å². The summed E-state index contributed by atoms with van der Waals surface area (Å²) < 4.78 is 9.63. The largest absolute Gasteiger partial charge is 0.466 e. The second-order valence-corrected chi connectivity index (χ2v) is 4.73. The van der Waals surface area contributed by atoms with Gasteiger partial charge in [-0.1, -0.05) is 26.7 Å². The van der Waals surface area contributed by atoms with Crippen molar-refractivity contribution in [3.8, 4) is 0 Å². The molecule has 0 saturated carbocycles. The van der Waals surface area contributed by atoms with Gasteiger partial charge in [0.15, 0.2) is 0 Å². The van der Waals surface area contributed by atoms with Gasteiger partial charge in [0, 0.05) is 19.3 Å². The Bertz CT molecular complexity index is 299. The molecule has 0 aliphatic carbocycles. The third kappa shape index (κ3) is 11.7. The molecule has 0 fully saturated rings. The minimum atomic E-state index is -0.502. The Morgan fingerprint density at radius 1 is 0.700 bits per heavy atom. The molecule has 0 bridgehead atoms. The van der Waals surface area contributed by atoms with Crippen LogP contribution in [0.1, 0.15) is 71.6 Å². The molecule has 0 aliphatic rings. The van der Waals surface area contributed by atoms with Crippen LogP contribution in [0.2, 0.25) is 0 Å². The smallest absolute Gasteiger partial charge is 0.313 e. The van der Waals surface area contributed by atoms with E-state index in [1.807, 2.05) is 6.92 Å². The molecule has 0 aliphatic heterocycles. The van der Waals surface area contributed by atoms with Gasteiger partial charge in [-0.2, -0.15) is 0 Å². The number of hydrogen-bond donors (Lipinski definition) is 0. The van der Waals surface area contributed by atoms with Gasteiger partial charge in [-0.3, -0.25) is 14.4 Å². The molecular formula is C15H26O5. The highest BCUT2D eigenvalue weighted by molar-refractivity contribution is 5.85. The number of ether oxygens (including phenoxy) is 2. The number of carbonyl (C=O) groups is 3. The molecule has 5 heteroatoms. The molecule has 0 aromatic rings. The summed E-state index contributed by atoms with van der Waals surface area (Å²) in [6.07, 6.45) is 5.71. The van der Waals surface area contributed by atoms with Crippen LogP contribution in [0.15, 0.2) is 0 Å². The Balaban J connectivity index is 3.45. The topological polar surface area (TPSA) is 69.7 Å². The summed E-state index contributed by atoms with van der Waals surface area (Å²) in [6, 6.07) is 0. The minimum absolute atomic E-state index is 0.181. The van der Waals surface area contributed by atoms with Crippen LogP contribution in [0.5, 0.6) is 0 Å². The highest BCUT2D eigenvalue weighted by atomic mass is 16.6. The maximum atomic E-state index is 11.3. The van der Waals surface area contributed by atoms with Gasteiger partial charge in [0.25, 0.3) is 0 Å². The molecule has 5 nitrogen and oxygen atoms in total. The molecule has 0 amide bonds. The first-order valence-corrected chi connectivity index (χ1v) is 7.49. The van der Waals surface area contributed by atoms with Crippen LogP contribution in [0.25, 0.3) is 0 Å². The fourth-order valence-electron chi connectivity index (χ4n) is 1.58. The lowest BCUT2D eigenvalue weighted by Gasteiger charge is -2.04. The standard InChI is InChI=1S/C15H26O5/c1-3-5-6-10-13(16)19-12-8-7-11-15(18)20-14(17)9-4-2/h3-12H2,1-2H3. The quantitative estimate of drug-likeness (QED) is 0.331. The lowest BCUT2D eigenvalue weighted by atomic mass is 10.2. The van der Waals surface area contributed by atoms with Crippen LogP contribution in [0.3, 0.4) is 0 Å². The van der Waals surface area contributed by atoms with Gasteiger partial charge in [-0.05, 0) is 25.7 Å². The molecule has 0 N–H and O–H groups in total. The van der Waals surface area contributed by atoms with E-state index in [1.54, 1.807) is 0 Å². The molecular weight excluding hydrogens is 260 g/mol. The summed E-state index contributed by atoms with van der Waals surface area (Å²) in [7, 11) is 0. The van der Waals surface area contributed by atoms with E-state index in [0.717, 1.165) is 19.3 Å². The van der Waals surface area contributed by atoms with E-state index in [9.17, 15) is 14.4 Å². The third-order valence-corrected chi connectivity index (χ3v) is 2.70. The summed E-state index contributed by atoms with van der Waals surface area (Å²) in [6.45, 7) is 4.25. The fourth-order valence-corrected chi connectivity index (χ4v) is 1.58. The number of unbranched alkanes of at least 4 members (excludes halogenated alkanes) is 3. The minimum Gasteiger partial charge on any atom is -0.466 e. The van der Waals surface area contributed by atoms with E-state index < -0.39 is 11.9 Å². The molecule has 0 heterocycles. The van der Waals surface area contributed by atoms with Crippen molar-refractivity contribution < 1.29 is 23.9 Å². The van der Waals surface area contributed by atoms with Crippen molar-refractivity contribution in [2.45, 2.75) is 71.6 Å². The molecule has 0 aromatic heterocycles. The summed E-state index contributed by atoms with van der Waals surface area (Å²) in [5, 5.41) is 0. The third-order valence-electron chi connectivity index (χ3n) is 2.70. The average molecular weight is 286 g/mol. The molecule has 0 atom stereocenters. The van der Waals surface area contributed by atoms with E-state index in [2.05, 4.69) is 11.7 Å². The Morgan fingerprint density at radius 3 is 1.95 bits per heavy atom. The van der Waals surface area contributed by atoms with Crippen molar-refractivity contribution in [2.75, 3.05) is 6.61 Å². The SMILES string of the molecule is CCCCCC(=O)OCCCCC(=O)OC(=O)CCC. The highest BCUT2D eigenvalue weighted by Crippen LogP contribution is 2.03. The number of carbonyl (C=O) groups excluding carboxylic acids is 3. The molecule has 0 radical (unpaired) electrons. The predicted octanol–water partition coefficient (Wildman–Crippen LogP) is 3.15. The Hall–Kier alpha value is -1.39. The van der Waals surface area contributed by atoms with Crippen LogP contribution in [-0.4, -0.2) is 24.5 Å². The van der Waals surface area contributed by atoms with E-state index in [0.29, 0.717) is 32.3 Å². The maximum Gasteiger partial charge on any atom is 0.313 e. The van der Waals surface area contributed by atoms with E-state index in [4.69, 9.17) is 4.74 Å². The number of rotatable bonds is 11. The summed E-state index contributed by atoms with van der Waals surface area (Å²) in [5.41, 5.74) is 0. The monoisotopic (exact) mass is 286 g/mol. The van der Waals surface area contributed by atoms with Crippen molar-refractivity contribution in [3.05, 3.63) is 0 Å². The first-order chi connectivity index (χ1) is 9.60. The normalized spacial score (nSPS) is 10.1. The fraction of sp³-hybridized carbons (Fsp3) is 0.800. The maximum absolute atomic E-state index is 11.3. The molecule has 0 aromatic carbocycles. The van der Waals surface area contributed by atoms with Crippen LogP contribution in [0.4, 0.5) is 0 Å². The van der Waals surface area contributed by atoms with Gasteiger partial charge in [-0.15, -0.1) is 0 Å². The van der Waals surface area contributed by atoms with Crippen LogP contribution in [0, 0.1) is 0 Å². The van der Waals surface area contributed by atoms with Gasteiger partial charge < -0.3 is 9.47 Å². The number of esters is 3. The molecule has 20 heavy (non-hydrogen) atoms. The van der Waals surface area contributed by atoms with E-state index >= 15 is 0 Å². The Labute approximate surface area is 121 Å². The Kier molecular flexibility index (Phi) is 11.8. The zero-order valence-electron chi connectivity index (χ0n) is 12.6. The molecule has 0 saturated heterocycles. The van der Waals surface area contributed by atoms with E-state index in [1.165, 1.54) is 0 Å². The van der Waals surface area contributed by atoms with Gasteiger partial charge >= 0.3 is 17.9 Å². The second kappa shape index (κ2) is 12.6. The molecule has 116 valence electrons. The first-order valence-electron chi connectivity index (χ1n) is 7.49. The van der Waals surface area contributed by atoms with Crippen molar-refractivity contribution >= 4 is 17.9 Å². The lowest BCUT2D eigenvalue weighted by Crippen LogP contribution is -2.12. The van der Waals surface area contributed by atoms with Gasteiger partial charge in [0.2, 0.25) is 0 Å². The average Bonchev–Trinajstić information content (AvgIpc) is 2.38. The second-order valence-electron chi connectivity index (χ2n) is 4.73. The van der Waals surface area contributed by atoms with Crippen LogP contribution < -0.4 is 0 Å². The first kappa shape index (κ1) is 18.6. The molecule has 0 unspecified atom stereocenters. The molecule has 0 rings (SSSR count). The van der Waals surface area contributed by atoms with Gasteiger partial charge in [-0.25, -0.2) is 0 Å². The predicted molar refractivity (Wildman–Crippen MR) is 75.0 cm³/mol. The van der Waals surface area contributed by atoms with E-state index in [-0.39, 0.29) is 18.8 Å². The van der Waals surface area contributed by atoms with Crippen molar-refractivity contribution in [1.82, 2.24) is 0 Å². The zero-order valence-corrected chi connectivity index (χ0v) is 12.6. The number of hydrogen-bond acceptors (Lipinski definition) is 5. The van der Waals surface area contributed by atoms with Crippen molar-refractivity contribution in [3.63, 3.8) is 0 Å². The summed E-state index contributed by atoms with van der Waals surface area (Å²) in [5.74, 6) is -1.16. The molecule has 0 spiro atoms. The van der Waals surface area contributed by atoms with Crippen molar-refractivity contribution in [2.24, 2.45) is 0 Å². The van der Waals surface area contributed by atoms with Crippen molar-refractivity contribution in [1.29, 1.82) is 0 Å². The summed E-state index contributed by atoms with van der Waals surface area (Å²) >= 11 is 0. The van der Waals surface area contributed by atoms with Crippen LogP contribution >= 0.6 is 0 Å².